The van der Waals surface area contributed by atoms with Gasteiger partial charge in [0, 0.05) is 26.9 Å². The van der Waals surface area contributed by atoms with Crippen molar-refractivity contribution in [3.63, 3.8) is 0 Å². The molecule has 0 saturated carbocycles. The van der Waals surface area contributed by atoms with Gasteiger partial charge < -0.3 is 53.6 Å². The number of nitrogens with zero attached hydrogens (tertiary/aromatic N) is 6. The van der Waals surface area contributed by atoms with Gasteiger partial charge in [-0.2, -0.15) is 0 Å². The van der Waals surface area contributed by atoms with Crippen LogP contribution in [0.3, 0.4) is 0 Å². The fourth-order valence-corrected chi connectivity index (χ4v) is 7.56. The Balaban J connectivity index is 0.000000360. The summed E-state index contributed by atoms with van der Waals surface area (Å²) in [6.07, 6.45) is 8.89. The summed E-state index contributed by atoms with van der Waals surface area (Å²) < 4.78 is 41.2. The standard InChI is InChI=1S/C25H33N3O6.C24H33N3O7.CH4/c1-15-9-11-19(29)23-21(33-25(4,5)34-23)8-6-7-18-20(31-14-13-27-28-26)12-10-16(2)22(18)24(30)32-17(15)3;1-14(16(3)28)6-9-18(29)22-20(33-24(4,5)34-22)11-8-17-19(32-13-12-26-27-25)10-7-15(2)21(17)23(30)31;/h6-7,9-12,15,17,19,21,23,29H,8,13-14H2,1-5H3;6-11,14,16,18,20,22,28-29H,12-13H2,1-5H3,(H,30,31);1H4/b7-6?,11-9-;9-6-,11-8+;/t15-,17+,19?,21+,23-;14-,16+,18?,20-,22-;/m11./s1. The first kappa shape index (κ1) is 57.6. The largest absolute Gasteiger partial charge is 0.493 e. The molecular formula is C50H70N6O13. The van der Waals surface area contributed by atoms with Crippen molar-refractivity contribution in [1.29, 1.82) is 0 Å². The highest BCUT2D eigenvalue weighted by Gasteiger charge is 2.44. The van der Waals surface area contributed by atoms with Crippen molar-refractivity contribution in [2.24, 2.45) is 22.1 Å². The first-order chi connectivity index (χ1) is 32.1. The number of carboxylic acid groups (broad SMARTS) is 1. The molecule has 0 radical (unpaired) electrons. The highest BCUT2D eigenvalue weighted by molar-refractivity contribution is 5.97. The lowest BCUT2D eigenvalue weighted by molar-refractivity contribution is -0.152. The molecule has 19 nitrogen and oxygen atoms in total. The molecule has 0 spiro atoms. The predicted molar refractivity (Wildman–Crippen MR) is 261 cm³/mol. The van der Waals surface area contributed by atoms with E-state index in [9.17, 15) is 30.0 Å². The Morgan fingerprint density at radius 1 is 0.899 bits per heavy atom. The minimum Gasteiger partial charge on any atom is -0.493 e. The molecule has 2 fully saturated rings. The minimum atomic E-state index is -1.12. The summed E-state index contributed by atoms with van der Waals surface area (Å²) in [5.74, 6) is -2.87. The van der Waals surface area contributed by atoms with Gasteiger partial charge >= 0.3 is 11.9 Å². The summed E-state index contributed by atoms with van der Waals surface area (Å²) in [6.45, 7) is 18.4. The van der Waals surface area contributed by atoms with Gasteiger partial charge in [0.15, 0.2) is 11.6 Å². The number of ether oxygens (including phenoxy) is 7. The Bertz CT molecular complexity index is 2280. The number of carbonyl (C=O) groups excluding carboxylic acids is 1. The molecule has 4 N–H and O–H groups in total. The zero-order chi connectivity index (χ0) is 50.3. The third-order valence-corrected chi connectivity index (χ3v) is 11.5. The van der Waals surface area contributed by atoms with Gasteiger partial charge in [-0.25, -0.2) is 9.59 Å². The van der Waals surface area contributed by atoms with Crippen molar-refractivity contribution >= 4 is 24.1 Å². The van der Waals surface area contributed by atoms with E-state index in [-0.39, 0.29) is 57.2 Å². The van der Waals surface area contributed by atoms with Crippen LogP contribution >= 0.6 is 0 Å². The molecule has 0 aromatic heterocycles. The van der Waals surface area contributed by atoms with E-state index in [4.69, 9.17) is 44.2 Å². The van der Waals surface area contributed by atoms with Gasteiger partial charge in [-0.15, -0.1) is 0 Å². The maximum absolute atomic E-state index is 13.2. The summed E-state index contributed by atoms with van der Waals surface area (Å²) in [5.41, 5.74) is 19.6. The molecule has 69 heavy (non-hydrogen) atoms. The smallest absolute Gasteiger partial charge is 0.339 e. The third-order valence-electron chi connectivity index (χ3n) is 11.5. The van der Waals surface area contributed by atoms with E-state index >= 15 is 0 Å². The number of hydrogen-bond acceptors (Lipinski definition) is 14. The average molecular weight is 963 g/mol. The summed E-state index contributed by atoms with van der Waals surface area (Å²) >= 11 is 0. The van der Waals surface area contributed by atoms with Crippen molar-refractivity contribution < 1.29 is 63.2 Å². The van der Waals surface area contributed by atoms with Gasteiger partial charge in [0.2, 0.25) is 0 Å². The number of fused-ring (bicyclic) bond motifs is 2. The number of aliphatic hydroxyl groups excluding tert-OH is 3. The zero-order valence-corrected chi connectivity index (χ0v) is 40.4. The molecule has 0 bridgehead atoms. The number of rotatable bonds is 15. The Labute approximate surface area is 404 Å². The minimum absolute atomic E-state index is 0. The maximum atomic E-state index is 13.2. The molecule has 5 rings (SSSR count). The first-order valence-corrected chi connectivity index (χ1v) is 22.5. The predicted octanol–water partition coefficient (Wildman–Crippen LogP) is 9.21. The van der Waals surface area contributed by atoms with Crippen LogP contribution in [-0.4, -0.2) is 119 Å². The highest BCUT2D eigenvalue weighted by Crippen LogP contribution is 2.36. The average Bonchev–Trinajstić information content (AvgIpc) is 3.77. The van der Waals surface area contributed by atoms with E-state index < -0.39 is 66.2 Å². The van der Waals surface area contributed by atoms with Crippen LogP contribution in [0.2, 0.25) is 0 Å². The van der Waals surface area contributed by atoms with Crippen LogP contribution in [0, 0.1) is 25.7 Å². The lowest BCUT2D eigenvalue weighted by atomic mass is 9.97. The number of hydrogen-bond donors (Lipinski definition) is 4. The molecule has 3 heterocycles. The Kier molecular flexibility index (Phi) is 22.0. The van der Waals surface area contributed by atoms with Crippen LogP contribution in [0.5, 0.6) is 11.5 Å². The number of carbonyl (C=O) groups is 2. The molecule has 0 aliphatic carbocycles. The highest BCUT2D eigenvalue weighted by atomic mass is 16.8. The van der Waals surface area contributed by atoms with Gasteiger partial charge in [-0.3, -0.25) is 0 Å². The van der Waals surface area contributed by atoms with Gasteiger partial charge in [0.25, 0.3) is 0 Å². The molecule has 2 unspecified atom stereocenters. The topological polar surface area (TPSA) is 277 Å². The van der Waals surface area contributed by atoms with E-state index in [0.29, 0.717) is 40.2 Å². The van der Waals surface area contributed by atoms with Crippen molar-refractivity contribution in [3.8, 4) is 11.5 Å². The Morgan fingerprint density at radius 3 is 2.13 bits per heavy atom. The van der Waals surface area contributed by atoms with Crippen molar-refractivity contribution in [3.05, 3.63) is 115 Å². The second-order valence-corrected chi connectivity index (χ2v) is 17.8. The lowest BCUT2D eigenvalue weighted by Gasteiger charge is -2.23. The molecular weight excluding hydrogens is 893 g/mol. The normalized spacial score (nSPS) is 25.7. The maximum Gasteiger partial charge on any atom is 0.339 e. The van der Waals surface area contributed by atoms with E-state index in [0.717, 1.165) is 5.56 Å². The SMILES string of the molecule is C.Cc1ccc(OCCN=[N+]=[N-])c(/C=C/[C@H]2OC(C)(C)O[C@@H]2C(O)/C=C\[C@@H](C)[C@H](C)O)c1C(=O)O.Cc1ccc(OCCN=[N+]=[N-])c2c1C(=O)O[C@@H](C)[C@H](C)/C=C\C(O)[C@H]1OC(C)(C)O[C@H]1CC=C2. The van der Waals surface area contributed by atoms with E-state index in [1.165, 1.54) is 0 Å². The zero-order valence-electron chi connectivity index (χ0n) is 40.4. The monoisotopic (exact) mass is 963 g/mol. The number of esters is 1. The van der Waals surface area contributed by atoms with Crippen molar-refractivity contribution in [2.45, 2.75) is 143 Å². The molecule has 2 saturated heterocycles. The van der Waals surface area contributed by atoms with Gasteiger partial charge in [0.1, 0.15) is 48.1 Å². The van der Waals surface area contributed by atoms with E-state index in [2.05, 4.69) is 20.1 Å². The fraction of sp³-hybridized carbons (Fsp3) is 0.560. The van der Waals surface area contributed by atoms with E-state index in [1.807, 2.05) is 53.7 Å². The Morgan fingerprint density at radius 2 is 1.51 bits per heavy atom. The third kappa shape index (κ3) is 16.5. The number of benzene rings is 2. The second kappa shape index (κ2) is 26.3. The molecule has 19 heteroatoms. The summed E-state index contributed by atoms with van der Waals surface area (Å²) in [6, 6.07) is 6.88. The lowest BCUT2D eigenvalue weighted by Crippen LogP contribution is -2.34. The Hall–Kier alpha value is -5.72. The van der Waals surface area contributed by atoms with Gasteiger partial charge in [-0.05, 0) is 102 Å². The van der Waals surface area contributed by atoms with Gasteiger partial charge in [0.05, 0.1) is 49.6 Å². The quantitative estimate of drug-likeness (QED) is 0.0324. The molecule has 0 amide bonds. The first-order valence-electron chi connectivity index (χ1n) is 22.5. The molecule has 2 aromatic carbocycles. The summed E-state index contributed by atoms with van der Waals surface area (Å²) in [4.78, 5) is 30.6. The van der Waals surface area contributed by atoms with Crippen LogP contribution in [-0.2, 0) is 23.7 Å². The molecule has 3 aliphatic heterocycles. The number of aryl methyl sites for hydroxylation is 2. The van der Waals surface area contributed by atoms with Crippen LogP contribution in [0.25, 0.3) is 33.0 Å². The van der Waals surface area contributed by atoms with Crippen LogP contribution in [0.4, 0.5) is 0 Å². The van der Waals surface area contributed by atoms with Crippen LogP contribution < -0.4 is 9.47 Å². The summed E-state index contributed by atoms with van der Waals surface area (Å²) in [7, 11) is 0. The molecule has 2 aromatic rings. The number of aromatic carboxylic acids is 1. The number of carboxylic acids is 1. The molecule has 3 aliphatic rings. The number of cyclic esters (lactones) is 1. The van der Waals surface area contributed by atoms with Crippen molar-refractivity contribution in [2.75, 3.05) is 26.3 Å². The van der Waals surface area contributed by atoms with E-state index in [1.54, 1.807) is 88.4 Å². The number of azide groups is 2. The van der Waals surface area contributed by atoms with Gasteiger partial charge in [-0.1, -0.05) is 92.2 Å². The number of aliphatic hydroxyl groups is 3. The van der Waals surface area contributed by atoms with Crippen LogP contribution in [0.1, 0.15) is 112 Å². The van der Waals surface area contributed by atoms with Crippen LogP contribution in [0.15, 0.2) is 71.0 Å². The molecule has 10 atom stereocenters. The second-order valence-electron chi connectivity index (χ2n) is 17.8. The fourth-order valence-electron chi connectivity index (χ4n) is 7.56. The van der Waals surface area contributed by atoms with Crippen molar-refractivity contribution in [1.82, 2.24) is 0 Å². The summed E-state index contributed by atoms with van der Waals surface area (Å²) in [5, 5.41) is 47.9. The molecule has 378 valence electrons.